The summed E-state index contributed by atoms with van der Waals surface area (Å²) in [7, 11) is 1.54. The Morgan fingerprint density at radius 2 is 1.78 bits per heavy atom. The molecule has 3 heterocycles. The number of benzene rings is 1. The number of aromatic amines is 1. The predicted molar refractivity (Wildman–Crippen MR) is 171 cm³/mol. The van der Waals surface area contributed by atoms with E-state index in [1.165, 1.54) is 24.8 Å². The molecule has 0 aliphatic heterocycles. The summed E-state index contributed by atoms with van der Waals surface area (Å²) >= 11 is 0. The highest BCUT2D eigenvalue weighted by molar-refractivity contribution is 6.02. The van der Waals surface area contributed by atoms with Gasteiger partial charge in [-0.05, 0) is 60.7 Å². The van der Waals surface area contributed by atoms with Crippen molar-refractivity contribution < 1.29 is 13.9 Å². The zero-order valence-corrected chi connectivity index (χ0v) is 25.8. The zero-order valence-electron chi connectivity index (χ0n) is 25.8. The van der Waals surface area contributed by atoms with Gasteiger partial charge in [0.1, 0.15) is 17.2 Å². The number of hydrogen-bond donors (Lipinski definition) is 1. The van der Waals surface area contributed by atoms with Crippen LogP contribution >= 0.6 is 0 Å². The number of hydrogen-bond acceptors (Lipinski definition) is 4. The van der Waals surface area contributed by atoms with Gasteiger partial charge in [0.25, 0.3) is 0 Å². The second-order valence-electron chi connectivity index (χ2n) is 9.60. The summed E-state index contributed by atoms with van der Waals surface area (Å²) in [4.78, 5) is 25.1. The Hall–Kier alpha value is -3.74. The number of aromatic nitrogens is 3. The maximum atomic E-state index is 13.2. The molecule has 41 heavy (non-hydrogen) atoms. The summed E-state index contributed by atoms with van der Waals surface area (Å²) in [5, 5.41) is 2.21. The number of carbonyl (C=O) groups is 1. The van der Waals surface area contributed by atoms with Crippen LogP contribution in [-0.4, -0.2) is 33.3 Å². The van der Waals surface area contributed by atoms with Crippen LogP contribution in [0.5, 0.6) is 0 Å². The van der Waals surface area contributed by atoms with Crippen LogP contribution in [0.25, 0.3) is 27.6 Å². The fourth-order valence-electron chi connectivity index (χ4n) is 5.02. The molecule has 1 N–H and O–H groups in total. The molecule has 2 unspecified atom stereocenters. The second-order valence-corrected chi connectivity index (χ2v) is 9.60. The molecule has 0 fully saturated rings. The number of pyridine rings is 1. The summed E-state index contributed by atoms with van der Waals surface area (Å²) in [6, 6.07) is 10.4. The molecule has 0 saturated heterocycles. The van der Waals surface area contributed by atoms with Gasteiger partial charge in [0.05, 0.1) is 18.3 Å². The summed E-state index contributed by atoms with van der Waals surface area (Å²) in [5.74, 6) is 0.727. The number of nitrogens with zero attached hydrogens (tertiary/aromatic N) is 3. The smallest absolute Gasteiger partial charge is 0.188 e. The number of rotatable bonds is 12. The number of aliphatic imine (C=N–C) groups is 1. The lowest BCUT2D eigenvalue weighted by atomic mass is 9.91. The van der Waals surface area contributed by atoms with Crippen LogP contribution in [0, 0.1) is 11.7 Å². The average molecular weight is 563 g/mol. The standard InChI is InChI=1S/C30H35FN4O2.2C2H6/c1-5-6-20(2)27(35-18-16-23-19-33-30-26(29(23)35)15-17-32-30)13-11-25(36)12-14-28(37-4)34-21(3)22-7-9-24(31)10-8-22;2*1-2/h7-10,15-20,27H,3,5-6,11-14H2,1-2,4H3,(H,32,33);2*1-2H3. The van der Waals surface area contributed by atoms with E-state index in [9.17, 15) is 9.18 Å². The molecule has 0 saturated carbocycles. The third-order valence-electron chi connectivity index (χ3n) is 7.03. The van der Waals surface area contributed by atoms with Gasteiger partial charge in [-0.1, -0.05) is 54.5 Å². The lowest BCUT2D eigenvalue weighted by molar-refractivity contribution is -0.119. The first-order valence-electron chi connectivity index (χ1n) is 14.9. The highest BCUT2D eigenvalue weighted by Crippen LogP contribution is 2.34. The van der Waals surface area contributed by atoms with E-state index in [2.05, 4.69) is 58.3 Å². The highest BCUT2D eigenvalue weighted by atomic mass is 19.1. The number of ether oxygens (including phenoxy) is 1. The molecular formula is C34H47FN4O2. The van der Waals surface area contributed by atoms with Crippen molar-refractivity contribution >= 4 is 39.3 Å². The van der Waals surface area contributed by atoms with Gasteiger partial charge in [-0.2, -0.15) is 0 Å². The number of H-pyrrole nitrogens is 1. The van der Waals surface area contributed by atoms with E-state index in [0.717, 1.165) is 35.7 Å². The molecular weight excluding hydrogens is 515 g/mol. The summed E-state index contributed by atoms with van der Waals surface area (Å²) in [6.07, 6.45) is 10.1. The van der Waals surface area contributed by atoms with Gasteiger partial charge in [0.2, 0.25) is 0 Å². The minimum absolute atomic E-state index is 0.177. The Bertz CT molecular complexity index is 1400. The Labute approximate surface area is 244 Å². The van der Waals surface area contributed by atoms with Gasteiger partial charge in [-0.25, -0.2) is 14.4 Å². The zero-order chi connectivity index (χ0) is 30.4. The number of methoxy groups -OCH3 is 1. The molecule has 0 aliphatic carbocycles. The minimum Gasteiger partial charge on any atom is -0.484 e. The number of Topliss-reactive ketones (excluding diaryl/α,β-unsaturated/α-hetero) is 1. The number of fused-ring (bicyclic) bond motifs is 3. The van der Waals surface area contributed by atoms with Crippen molar-refractivity contribution in [2.24, 2.45) is 10.9 Å². The van der Waals surface area contributed by atoms with Gasteiger partial charge < -0.3 is 14.3 Å². The van der Waals surface area contributed by atoms with Gasteiger partial charge in [0, 0.05) is 54.7 Å². The quantitative estimate of drug-likeness (QED) is 0.138. The van der Waals surface area contributed by atoms with Crippen LogP contribution in [0.3, 0.4) is 0 Å². The van der Waals surface area contributed by atoms with E-state index >= 15 is 0 Å². The second kappa shape index (κ2) is 17.2. The molecule has 4 aromatic rings. The van der Waals surface area contributed by atoms with Gasteiger partial charge in [0.15, 0.2) is 5.90 Å². The van der Waals surface area contributed by atoms with Crippen LogP contribution in [0.1, 0.15) is 91.7 Å². The van der Waals surface area contributed by atoms with Crippen molar-refractivity contribution in [1.82, 2.24) is 14.5 Å². The molecule has 2 atom stereocenters. The summed E-state index contributed by atoms with van der Waals surface area (Å²) < 4.78 is 20.9. The van der Waals surface area contributed by atoms with Crippen molar-refractivity contribution in [3.8, 4) is 0 Å². The minimum atomic E-state index is -0.313. The predicted octanol–water partition coefficient (Wildman–Crippen LogP) is 9.53. The van der Waals surface area contributed by atoms with Crippen LogP contribution in [-0.2, 0) is 9.53 Å². The summed E-state index contributed by atoms with van der Waals surface area (Å²) in [6.45, 7) is 16.4. The van der Waals surface area contributed by atoms with E-state index in [-0.39, 0.29) is 17.6 Å². The molecule has 4 rings (SSSR count). The molecule has 6 nitrogen and oxygen atoms in total. The number of carbonyl (C=O) groups excluding carboxylic acids is 1. The van der Waals surface area contributed by atoms with Gasteiger partial charge in [-0.15, -0.1) is 0 Å². The van der Waals surface area contributed by atoms with E-state index in [0.29, 0.717) is 42.3 Å². The number of halogens is 1. The van der Waals surface area contributed by atoms with Crippen molar-refractivity contribution in [3.05, 3.63) is 72.9 Å². The highest BCUT2D eigenvalue weighted by Gasteiger charge is 2.22. The van der Waals surface area contributed by atoms with E-state index in [1.807, 2.05) is 40.1 Å². The Morgan fingerprint density at radius 1 is 1.07 bits per heavy atom. The fourth-order valence-corrected chi connectivity index (χ4v) is 5.02. The first kappa shape index (κ1) is 33.5. The third-order valence-corrected chi connectivity index (χ3v) is 7.03. The largest absolute Gasteiger partial charge is 0.484 e. The maximum Gasteiger partial charge on any atom is 0.188 e. The van der Waals surface area contributed by atoms with Crippen molar-refractivity contribution in [3.63, 3.8) is 0 Å². The third kappa shape index (κ3) is 8.87. The van der Waals surface area contributed by atoms with Crippen molar-refractivity contribution in [2.45, 2.75) is 86.1 Å². The molecule has 0 amide bonds. The van der Waals surface area contributed by atoms with Gasteiger partial charge in [-0.3, -0.25) is 4.79 Å². The SMILES string of the molecule is C=C(N=C(CCC(=O)CCC(C(C)CCC)n1ccc2cnc3[nH]ccc3c21)OC)c1ccc(F)cc1.CC.CC. The Kier molecular flexibility index (Phi) is 14.0. The van der Waals surface area contributed by atoms with Crippen molar-refractivity contribution in [2.75, 3.05) is 7.11 Å². The molecule has 3 aromatic heterocycles. The molecule has 1 aromatic carbocycles. The van der Waals surface area contributed by atoms with Crippen LogP contribution < -0.4 is 0 Å². The molecule has 0 bridgehead atoms. The lowest BCUT2D eigenvalue weighted by Gasteiger charge is -2.26. The van der Waals surface area contributed by atoms with Crippen LogP contribution in [0.4, 0.5) is 4.39 Å². The van der Waals surface area contributed by atoms with Crippen LogP contribution in [0.2, 0.25) is 0 Å². The van der Waals surface area contributed by atoms with E-state index < -0.39 is 0 Å². The fraction of sp³-hybridized carbons (Fsp3) is 0.441. The Morgan fingerprint density at radius 3 is 2.44 bits per heavy atom. The lowest BCUT2D eigenvalue weighted by Crippen LogP contribution is -2.18. The van der Waals surface area contributed by atoms with E-state index in [4.69, 9.17) is 4.74 Å². The van der Waals surface area contributed by atoms with Gasteiger partial charge >= 0.3 is 0 Å². The molecule has 0 radical (unpaired) electrons. The normalized spacial score (nSPS) is 12.6. The maximum absolute atomic E-state index is 13.2. The molecule has 222 valence electrons. The first-order chi connectivity index (χ1) is 19.9. The monoisotopic (exact) mass is 562 g/mol. The van der Waals surface area contributed by atoms with Crippen molar-refractivity contribution in [1.29, 1.82) is 0 Å². The first-order valence-corrected chi connectivity index (χ1v) is 14.9. The molecule has 0 spiro atoms. The number of ketones is 1. The summed E-state index contributed by atoms with van der Waals surface area (Å²) in [5.41, 5.74) is 3.22. The molecule has 0 aliphatic rings. The Balaban J connectivity index is 0.00000141. The average Bonchev–Trinajstić information content (AvgIpc) is 3.65. The topological polar surface area (TPSA) is 72.3 Å². The number of nitrogens with one attached hydrogen (secondary N) is 1. The van der Waals surface area contributed by atoms with Crippen LogP contribution in [0.15, 0.2) is 66.6 Å². The molecule has 7 heteroatoms. The van der Waals surface area contributed by atoms with E-state index in [1.54, 1.807) is 12.1 Å².